The number of amides is 3. The molecule has 2 aromatic heterocycles. The number of urea groups is 1. The van der Waals surface area contributed by atoms with Gasteiger partial charge in [0.05, 0.1) is 11.4 Å². The van der Waals surface area contributed by atoms with Gasteiger partial charge in [-0.1, -0.05) is 26.8 Å². The van der Waals surface area contributed by atoms with Crippen LogP contribution in [0.5, 0.6) is 0 Å². The number of aromatic nitrogens is 3. The van der Waals surface area contributed by atoms with Crippen molar-refractivity contribution in [3.63, 3.8) is 0 Å². The quantitative estimate of drug-likeness (QED) is 0.328. The summed E-state index contributed by atoms with van der Waals surface area (Å²) in [7, 11) is 0. The fraction of sp³-hybridized carbons (Fsp3) is 0.448. The molecule has 0 saturated heterocycles. The van der Waals surface area contributed by atoms with Gasteiger partial charge in [-0.15, -0.1) is 0 Å². The molecule has 0 atom stereocenters. The second kappa shape index (κ2) is 10.6. The van der Waals surface area contributed by atoms with Crippen LogP contribution < -0.4 is 16.0 Å². The van der Waals surface area contributed by atoms with E-state index >= 15 is 0 Å². The molecule has 9 heteroatoms. The number of benzene rings is 1. The number of nitrogens with zero attached hydrogens (tertiary/aromatic N) is 3. The molecule has 2 aliphatic carbocycles. The Morgan fingerprint density at radius 3 is 2.37 bits per heavy atom. The molecule has 3 amide bonds. The third-order valence-corrected chi connectivity index (χ3v) is 6.93. The van der Waals surface area contributed by atoms with Gasteiger partial charge < -0.3 is 10.6 Å². The predicted octanol–water partition coefficient (Wildman–Crippen LogP) is 5.90. The molecule has 2 fully saturated rings. The molecule has 200 valence electrons. The number of carbonyl (C=O) groups excluding carboxylic acids is 2. The smallest absolute Gasteiger partial charge is 0.310 e. The van der Waals surface area contributed by atoms with E-state index in [-0.39, 0.29) is 22.9 Å². The Labute approximate surface area is 222 Å². The monoisotopic (exact) mass is 518 g/mol. The van der Waals surface area contributed by atoms with Crippen LogP contribution in [0, 0.1) is 17.7 Å². The largest absolute Gasteiger partial charge is 0.324 e. The van der Waals surface area contributed by atoms with Crippen LogP contribution in [0.3, 0.4) is 0 Å². The maximum absolute atomic E-state index is 14.9. The first-order valence-electron chi connectivity index (χ1n) is 13.3. The maximum Gasteiger partial charge on any atom is 0.324 e. The summed E-state index contributed by atoms with van der Waals surface area (Å²) >= 11 is 0. The number of aryl methyl sites for hydroxylation is 2. The number of carbonyl (C=O) groups is 2. The summed E-state index contributed by atoms with van der Waals surface area (Å²) in [6, 6.07) is 9.97. The van der Waals surface area contributed by atoms with Gasteiger partial charge in [-0.05, 0) is 79.8 Å². The van der Waals surface area contributed by atoms with Crippen LogP contribution in [-0.4, -0.2) is 26.7 Å². The lowest BCUT2D eigenvalue weighted by atomic mass is 9.92. The Bertz CT molecular complexity index is 1340. The van der Waals surface area contributed by atoms with E-state index in [9.17, 15) is 14.0 Å². The average Bonchev–Trinajstić information content (AvgIpc) is 3.78. The number of pyridine rings is 1. The van der Waals surface area contributed by atoms with E-state index in [0.717, 1.165) is 36.2 Å². The van der Waals surface area contributed by atoms with Crippen LogP contribution in [-0.2, 0) is 29.6 Å². The van der Waals surface area contributed by atoms with E-state index in [1.165, 1.54) is 18.9 Å². The molecule has 0 bridgehead atoms. The summed E-state index contributed by atoms with van der Waals surface area (Å²) in [6.45, 7) is 7.01. The van der Waals surface area contributed by atoms with Crippen LogP contribution in [0.25, 0.3) is 0 Å². The van der Waals surface area contributed by atoms with Crippen molar-refractivity contribution in [3.05, 3.63) is 65.2 Å². The molecule has 1 aromatic carbocycles. The van der Waals surface area contributed by atoms with Gasteiger partial charge in [0, 0.05) is 30.1 Å². The van der Waals surface area contributed by atoms with Crippen LogP contribution in [0.4, 0.5) is 26.5 Å². The molecular weight excluding hydrogens is 483 g/mol. The minimum Gasteiger partial charge on any atom is -0.310 e. The van der Waals surface area contributed by atoms with E-state index < -0.39 is 11.8 Å². The van der Waals surface area contributed by atoms with Crippen molar-refractivity contribution in [2.45, 2.75) is 71.3 Å². The first-order chi connectivity index (χ1) is 18.1. The minimum absolute atomic E-state index is 0.0193. The zero-order valence-corrected chi connectivity index (χ0v) is 22.2. The molecule has 0 spiro atoms. The SMILES string of the molecule is CC(C)(C)c1cc(NC(=O)Nc2ccc(CCc3ccnc(NC(=O)C4CC4)c3)cc2F)n(CC2CC2)n1. The molecule has 0 radical (unpaired) electrons. The molecule has 3 aromatic rings. The molecular formula is C29H35FN6O2. The number of hydrogen-bond donors (Lipinski definition) is 3. The number of nitrogens with one attached hydrogen (secondary N) is 3. The number of anilines is 3. The van der Waals surface area contributed by atoms with Crippen molar-refractivity contribution in [3.8, 4) is 0 Å². The number of halogens is 1. The molecule has 38 heavy (non-hydrogen) atoms. The van der Waals surface area contributed by atoms with Gasteiger partial charge in [-0.3, -0.25) is 10.1 Å². The van der Waals surface area contributed by atoms with Crippen molar-refractivity contribution in [1.29, 1.82) is 0 Å². The van der Waals surface area contributed by atoms with Crippen molar-refractivity contribution in [1.82, 2.24) is 14.8 Å². The van der Waals surface area contributed by atoms with E-state index in [1.807, 2.05) is 28.9 Å². The summed E-state index contributed by atoms with van der Waals surface area (Å²) in [5.41, 5.74) is 2.68. The van der Waals surface area contributed by atoms with E-state index in [4.69, 9.17) is 5.10 Å². The Hall–Kier alpha value is -3.75. The summed E-state index contributed by atoms with van der Waals surface area (Å²) in [6.07, 6.45) is 7.17. The van der Waals surface area contributed by atoms with E-state index in [2.05, 4.69) is 41.7 Å². The topological polar surface area (TPSA) is 101 Å². The van der Waals surface area contributed by atoms with Crippen LogP contribution >= 0.6 is 0 Å². The summed E-state index contributed by atoms with van der Waals surface area (Å²) in [5, 5.41) is 13.0. The van der Waals surface area contributed by atoms with Crippen molar-refractivity contribution >= 4 is 29.3 Å². The summed E-state index contributed by atoms with van der Waals surface area (Å²) in [5.74, 6) is 1.39. The molecule has 5 rings (SSSR count). The van der Waals surface area contributed by atoms with Gasteiger partial charge in [-0.25, -0.2) is 18.9 Å². The average molecular weight is 519 g/mol. The van der Waals surface area contributed by atoms with Crippen molar-refractivity contribution < 1.29 is 14.0 Å². The van der Waals surface area contributed by atoms with E-state index in [0.29, 0.717) is 30.4 Å². The number of rotatable bonds is 9. The zero-order valence-electron chi connectivity index (χ0n) is 22.2. The molecule has 3 N–H and O–H groups in total. The third-order valence-electron chi connectivity index (χ3n) is 6.93. The molecule has 2 saturated carbocycles. The Morgan fingerprint density at radius 1 is 0.974 bits per heavy atom. The molecule has 2 heterocycles. The molecule has 8 nitrogen and oxygen atoms in total. The third kappa shape index (κ3) is 6.76. The standard InChI is InChI=1S/C29H35FN6O2/c1-29(2,3)24-16-26(36(35-24)17-20-6-7-20)34-28(38)32-23-11-8-18(14-22(23)30)4-5-19-12-13-31-25(15-19)33-27(37)21-9-10-21/h8,11-16,20-21H,4-7,9-10,17H2,1-3H3,(H,31,33,37)(H2,32,34,38). The molecule has 0 unspecified atom stereocenters. The first-order valence-corrected chi connectivity index (χ1v) is 13.3. The molecule has 0 aliphatic heterocycles. The summed E-state index contributed by atoms with van der Waals surface area (Å²) in [4.78, 5) is 28.9. The highest BCUT2D eigenvalue weighted by Gasteiger charge is 2.30. The van der Waals surface area contributed by atoms with E-state index in [1.54, 1.807) is 12.3 Å². The van der Waals surface area contributed by atoms with Crippen LogP contribution in [0.15, 0.2) is 42.6 Å². The highest BCUT2D eigenvalue weighted by molar-refractivity contribution is 5.99. The number of hydrogen-bond acceptors (Lipinski definition) is 4. The second-order valence-electron chi connectivity index (χ2n) is 11.5. The predicted molar refractivity (Wildman–Crippen MR) is 146 cm³/mol. The first kappa shape index (κ1) is 25.9. The Morgan fingerprint density at radius 2 is 1.71 bits per heavy atom. The highest BCUT2D eigenvalue weighted by atomic mass is 19.1. The van der Waals surface area contributed by atoms with Gasteiger partial charge >= 0.3 is 6.03 Å². The van der Waals surface area contributed by atoms with Crippen molar-refractivity contribution in [2.24, 2.45) is 11.8 Å². The Balaban J connectivity index is 1.18. The van der Waals surface area contributed by atoms with Crippen LogP contribution in [0.1, 0.15) is 63.3 Å². The lowest BCUT2D eigenvalue weighted by Crippen LogP contribution is -2.22. The molecule has 2 aliphatic rings. The van der Waals surface area contributed by atoms with Gasteiger partial charge in [0.15, 0.2) is 0 Å². The highest BCUT2D eigenvalue weighted by Crippen LogP contribution is 2.33. The summed E-state index contributed by atoms with van der Waals surface area (Å²) < 4.78 is 16.7. The fourth-order valence-corrected chi connectivity index (χ4v) is 4.21. The zero-order chi connectivity index (χ0) is 26.9. The maximum atomic E-state index is 14.9. The van der Waals surface area contributed by atoms with Crippen LogP contribution in [0.2, 0.25) is 0 Å². The van der Waals surface area contributed by atoms with Gasteiger partial charge in [0.1, 0.15) is 17.5 Å². The van der Waals surface area contributed by atoms with Gasteiger partial charge in [0.2, 0.25) is 5.91 Å². The van der Waals surface area contributed by atoms with Gasteiger partial charge in [-0.2, -0.15) is 5.10 Å². The Kier molecular flexibility index (Phi) is 7.19. The second-order valence-corrected chi connectivity index (χ2v) is 11.5. The fourth-order valence-electron chi connectivity index (χ4n) is 4.21. The minimum atomic E-state index is -0.508. The van der Waals surface area contributed by atoms with Crippen molar-refractivity contribution in [2.75, 3.05) is 16.0 Å². The lowest BCUT2D eigenvalue weighted by Gasteiger charge is -2.14. The lowest BCUT2D eigenvalue weighted by molar-refractivity contribution is -0.117. The normalized spacial score (nSPS) is 15.3. The van der Waals surface area contributed by atoms with Gasteiger partial charge in [0.25, 0.3) is 0 Å².